The first-order chi connectivity index (χ1) is 7.24. The van der Waals surface area contributed by atoms with Gasteiger partial charge in [-0.15, -0.1) is 0 Å². The molecule has 15 heavy (non-hydrogen) atoms. The van der Waals surface area contributed by atoms with E-state index < -0.39 is 0 Å². The first kappa shape index (κ1) is 10.1. The van der Waals surface area contributed by atoms with E-state index in [9.17, 15) is 0 Å². The lowest BCUT2D eigenvalue weighted by Crippen LogP contribution is -2.47. The van der Waals surface area contributed by atoms with Crippen molar-refractivity contribution in [1.82, 2.24) is 10.2 Å². The van der Waals surface area contributed by atoms with Gasteiger partial charge in [0.1, 0.15) is 0 Å². The predicted molar refractivity (Wildman–Crippen MR) is 62.9 cm³/mol. The quantitative estimate of drug-likeness (QED) is 0.746. The minimum Gasteiger partial charge on any atom is -0.310 e. The van der Waals surface area contributed by atoms with Crippen molar-refractivity contribution in [3.8, 4) is 0 Å². The van der Waals surface area contributed by atoms with Crippen LogP contribution in [-0.2, 0) is 0 Å². The summed E-state index contributed by atoms with van der Waals surface area (Å²) in [5, 5.41) is 3.82. The zero-order valence-electron chi connectivity index (χ0n) is 10.1. The number of nitrogens with one attached hydrogen (secondary N) is 1. The van der Waals surface area contributed by atoms with Crippen LogP contribution < -0.4 is 5.32 Å². The molecular weight excluding hydrogens is 184 g/mol. The average Bonchev–Trinajstić information content (AvgIpc) is 2.89. The van der Waals surface area contributed by atoms with Crippen LogP contribution in [0.15, 0.2) is 0 Å². The average molecular weight is 208 g/mol. The van der Waals surface area contributed by atoms with Crippen molar-refractivity contribution in [2.24, 2.45) is 5.92 Å². The van der Waals surface area contributed by atoms with E-state index in [1.54, 1.807) is 0 Å². The maximum atomic E-state index is 3.82. The van der Waals surface area contributed by atoms with Crippen molar-refractivity contribution in [2.75, 3.05) is 6.54 Å². The van der Waals surface area contributed by atoms with Crippen molar-refractivity contribution < 1.29 is 0 Å². The Kier molecular flexibility index (Phi) is 2.52. The van der Waals surface area contributed by atoms with E-state index in [2.05, 4.69) is 24.1 Å². The molecule has 2 aliphatic heterocycles. The molecule has 2 saturated heterocycles. The van der Waals surface area contributed by atoms with Gasteiger partial charge in [0.25, 0.3) is 0 Å². The maximum absolute atomic E-state index is 3.82. The van der Waals surface area contributed by atoms with Crippen LogP contribution in [0.2, 0.25) is 0 Å². The Morgan fingerprint density at radius 2 is 1.80 bits per heavy atom. The standard InChI is InChI=1S/C13H24N2/c1-9-3-4-10(2)15(9)8-13-11-5-6-12(7-11)14-13/h9-14H,3-8H2,1-2H3/t9-,10-,11+,12-,13-/m0/s1. The SMILES string of the molecule is C[C@H]1CC[C@H](C)N1C[C@@H]1N[C@H]2CC[C@@H]1C2. The lowest BCUT2D eigenvalue weighted by atomic mass is 9.99. The van der Waals surface area contributed by atoms with Gasteiger partial charge in [-0.3, -0.25) is 4.90 Å². The molecular formula is C13H24N2. The van der Waals surface area contributed by atoms with Gasteiger partial charge in [0.2, 0.25) is 0 Å². The van der Waals surface area contributed by atoms with Gasteiger partial charge in [0.15, 0.2) is 0 Å². The van der Waals surface area contributed by atoms with Crippen molar-refractivity contribution in [3.63, 3.8) is 0 Å². The van der Waals surface area contributed by atoms with E-state index in [4.69, 9.17) is 0 Å². The van der Waals surface area contributed by atoms with Gasteiger partial charge in [-0.1, -0.05) is 0 Å². The Morgan fingerprint density at radius 1 is 1.07 bits per heavy atom. The molecule has 0 spiro atoms. The van der Waals surface area contributed by atoms with Gasteiger partial charge in [0, 0.05) is 30.7 Å². The fraction of sp³-hybridized carbons (Fsp3) is 1.00. The van der Waals surface area contributed by atoms with Crippen molar-refractivity contribution >= 4 is 0 Å². The maximum Gasteiger partial charge on any atom is 0.0226 e. The van der Waals surface area contributed by atoms with E-state index in [1.807, 2.05) is 0 Å². The second-order valence-electron chi connectivity index (χ2n) is 6.02. The molecule has 2 nitrogen and oxygen atoms in total. The Bertz CT molecular complexity index is 231. The van der Waals surface area contributed by atoms with Gasteiger partial charge < -0.3 is 5.32 Å². The van der Waals surface area contributed by atoms with E-state index in [-0.39, 0.29) is 0 Å². The predicted octanol–water partition coefficient (Wildman–Crippen LogP) is 2.00. The highest BCUT2D eigenvalue weighted by Crippen LogP contribution is 2.36. The lowest BCUT2D eigenvalue weighted by Gasteiger charge is -2.33. The summed E-state index contributed by atoms with van der Waals surface area (Å²) < 4.78 is 0. The molecule has 1 N–H and O–H groups in total. The van der Waals surface area contributed by atoms with Crippen molar-refractivity contribution in [1.29, 1.82) is 0 Å². The Hall–Kier alpha value is -0.0800. The minimum absolute atomic E-state index is 0.812. The molecule has 3 rings (SSSR count). The molecule has 1 saturated carbocycles. The van der Waals surface area contributed by atoms with Crippen molar-refractivity contribution in [2.45, 2.75) is 70.1 Å². The molecule has 86 valence electrons. The summed E-state index contributed by atoms with van der Waals surface area (Å²) in [7, 11) is 0. The molecule has 3 fully saturated rings. The van der Waals surface area contributed by atoms with Crippen LogP contribution in [0.5, 0.6) is 0 Å². The Morgan fingerprint density at radius 3 is 2.33 bits per heavy atom. The van der Waals surface area contributed by atoms with Crippen molar-refractivity contribution in [3.05, 3.63) is 0 Å². The third kappa shape index (κ3) is 1.72. The monoisotopic (exact) mass is 208 g/mol. The Labute approximate surface area is 93.4 Å². The molecule has 0 amide bonds. The van der Waals surface area contributed by atoms with Crippen LogP contribution in [0.3, 0.4) is 0 Å². The molecule has 0 aromatic heterocycles. The highest BCUT2D eigenvalue weighted by molar-refractivity contribution is 4.99. The third-order valence-electron chi connectivity index (χ3n) is 5.03. The molecule has 2 bridgehead atoms. The first-order valence-corrected chi connectivity index (χ1v) is 6.76. The van der Waals surface area contributed by atoms with Crippen LogP contribution in [0.25, 0.3) is 0 Å². The smallest absolute Gasteiger partial charge is 0.0226 e. The molecule has 0 radical (unpaired) electrons. The van der Waals surface area contributed by atoms with Crippen LogP contribution in [0.1, 0.15) is 46.0 Å². The van der Waals surface area contributed by atoms with E-state index in [0.717, 1.165) is 30.1 Å². The molecule has 2 heterocycles. The summed E-state index contributed by atoms with van der Waals surface area (Å²) >= 11 is 0. The fourth-order valence-corrected chi connectivity index (χ4v) is 4.01. The number of hydrogen-bond donors (Lipinski definition) is 1. The number of nitrogens with zero attached hydrogens (tertiary/aromatic N) is 1. The number of likely N-dealkylation sites (tertiary alicyclic amines) is 1. The van der Waals surface area contributed by atoms with Gasteiger partial charge in [0.05, 0.1) is 0 Å². The van der Waals surface area contributed by atoms with Crippen LogP contribution >= 0.6 is 0 Å². The first-order valence-electron chi connectivity index (χ1n) is 6.76. The number of hydrogen-bond acceptors (Lipinski definition) is 2. The van der Waals surface area contributed by atoms with Crippen LogP contribution in [0, 0.1) is 5.92 Å². The number of rotatable bonds is 2. The van der Waals surface area contributed by atoms with E-state index >= 15 is 0 Å². The largest absolute Gasteiger partial charge is 0.310 e. The molecule has 3 aliphatic rings. The third-order valence-corrected chi connectivity index (χ3v) is 5.03. The topological polar surface area (TPSA) is 15.3 Å². The summed E-state index contributed by atoms with van der Waals surface area (Å²) in [5.41, 5.74) is 0. The fourth-order valence-electron chi connectivity index (χ4n) is 4.01. The second kappa shape index (κ2) is 3.74. The van der Waals surface area contributed by atoms with Gasteiger partial charge in [-0.2, -0.15) is 0 Å². The van der Waals surface area contributed by atoms with Gasteiger partial charge in [-0.05, 0) is 51.9 Å². The zero-order chi connectivity index (χ0) is 10.4. The van der Waals surface area contributed by atoms with Gasteiger partial charge >= 0.3 is 0 Å². The number of piperidine rings is 1. The highest BCUT2D eigenvalue weighted by Gasteiger charge is 2.41. The molecule has 0 aromatic rings. The summed E-state index contributed by atoms with van der Waals surface area (Å²) in [6.45, 7) is 6.11. The normalized spacial score (nSPS) is 50.4. The molecule has 0 unspecified atom stereocenters. The van der Waals surface area contributed by atoms with Crippen LogP contribution in [-0.4, -0.2) is 35.6 Å². The number of fused-ring (bicyclic) bond motifs is 2. The second-order valence-corrected chi connectivity index (χ2v) is 6.02. The summed E-state index contributed by atoms with van der Waals surface area (Å²) in [6.07, 6.45) is 7.19. The van der Waals surface area contributed by atoms with Crippen LogP contribution in [0.4, 0.5) is 0 Å². The summed E-state index contributed by atoms with van der Waals surface area (Å²) in [5.74, 6) is 0.995. The summed E-state index contributed by atoms with van der Waals surface area (Å²) in [4.78, 5) is 2.73. The lowest BCUT2D eigenvalue weighted by molar-refractivity contribution is 0.172. The minimum atomic E-state index is 0.812. The van der Waals surface area contributed by atoms with Gasteiger partial charge in [-0.25, -0.2) is 0 Å². The zero-order valence-corrected chi connectivity index (χ0v) is 10.1. The Balaban J connectivity index is 1.61. The molecule has 1 aliphatic carbocycles. The molecule has 0 aromatic carbocycles. The van der Waals surface area contributed by atoms with E-state index in [1.165, 1.54) is 38.6 Å². The summed E-state index contributed by atoms with van der Waals surface area (Å²) in [6, 6.07) is 3.32. The van der Waals surface area contributed by atoms with E-state index in [0.29, 0.717) is 0 Å². The molecule has 5 atom stereocenters. The highest BCUT2D eigenvalue weighted by atomic mass is 15.2. The molecule has 2 heteroatoms.